The second-order valence-corrected chi connectivity index (χ2v) is 4.86. The zero-order valence-corrected chi connectivity index (χ0v) is 8.41. The molecule has 1 N–H and O–H groups in total. The fourth-order valence-corrected chi connectivity index (χ4v) is 2.65. The lowest BCUT2D eigenvalue weighted by molar-refractivity contribution is 0.228. The van der Waals surface area contributed by atoms with Gasteiger partial charge in [-0.15, -0.1) is 0 Å². The third-order valence-electron chi connectivity index (χ3n) is 2.77. The number of piperazine rings is 1. The Morgan fingerprint density at radius 2 is 2.00 bits per heavy atom. The minimum atomic E-state index is 1.05. The van der Waals surface area contributed by atoms with Crippen LogP contribution in [0.3, 0.4) is 0 Å². The standard InChI is InChI=1S/C9H18N2S/c1(9-7-12-8-9)4-11-5-2-10-3-6-11/h9-10H,1-8H2. The molecule has 0 aromatic rings. The molecule has 2 aliphatic heterocycles. The molecular weight excluding hydrogens is 168 g/mol. The van der Waals surface area contributed by atoms with Gasteiger partial charge in [0.25, 0.3) is 0 Å². The zero-order chi connectivity index (χ0) is 8.23. The van der Waals surface area contributed by atoms with E-state index < -0.39 is 0 Å². The first-order chi connectivity index (χ1) is 5.95. The summed E-state index contributed by atoms with van der Waals surface area (Å²) in [6.45, 7) is 6.26. The molecule has 12 heavy (non-hydrogen) atoms. The molecule has 0 radical (unpaired) electrons. The summed E-state index contributed by atoms with van der Waals surface area (Å²) in [7, 11) is 0. The molecule has 2 aliphatic rings. The number of nitrogens with one attached hydrogen (secondary N) is 1. The van der Waals surface area contributed by atoms with Gasteiger partial charge in [0.05, 0.1) is 0 Å². The molecule has 0 saturated carbocycles. The SMILES string of the molecule is C1CN(CCC2CSC2)CCN1. The average Bonchev–Trinajstić information content (AvgIpc) is 2.04. The Morgan fingerprint density at radius 1 is 1.25 bits per heavy atom. The highest BCUT2D eigenvalue weighted by Gasteiger charge is 2.19. The van der Waals surface area contributed by atoms with Crippen LogP contribution in [0.1, 0.15) is 6.42 Å². The molecule has 0 aromatic carbocycles. The maximum Gasteiger partial charge on any atom is 0.0107 e. The van der Waals surface area contributed by atoms with Crippen LogP contribution in [0.4, 0.5) is 0 Å². The van der Waals surface area contributed by atoms with Gasteiger partial charge in [0.15, 0.2) is 0 Å². The van der Waals surface area contributed by atoms with E-state index in [0.29, 0.717) is 0 Å². The first-order valence-corrected chi connectivity index (χ1v) is 6.11. The smallest absolute Gasteiger partial charge is 0.0107 e. The first-order valence-electron chi connectivity index (χ1n) is 4.96. The van der Waals surface area contributed by atoms with Crippen LogP contribution in [0.25, 0.3) is 0 Å². The van der Waals surface area contributed by atoms with E-state index >= 15 is 0 Å². The van der Waals surface area contributed by atoms with Crippen LogP contribution in [-0.2, 0) is 0 Å². The Bertz CT molecular complexity index is 130. The lowest BCUT2D eigenvalue weighted by atomic mass is 10.1. The minimum absolute atomic E-state index is 1.05. The molecule has 0 spiro atoms. The summed E-state index contributed by atoms with van der Waals surface area (Å²) >= 11 is 2.10. The maximum atomic E-state index is 3.38. The van der Waals surface area contributed by atoms with Crippen molar-refractivity contribution >= 4 is 11.8 Å². The number of hydrogen-bond donors (Lipinski definition) is 1. The minimum Gasteiger partial charge on any atom is -0.314 e. The molecule has 2 saturated heterocycles. The number of thioether (sulfide) groups is 1. The quantitative estimate of drug-likeness (QED) is 0.696. The van der Waals surface area contributed by atoms with Crippen molar-refractivity contribution in [3.63, 3.8) is 0 Å². The van der Waals surface area contributed by atoms with E-state index in [-0.39, 0.29) is 0 Å². The first kappa shape index (κ1) is 8.85. The third kappa shape index (κ3) is 2.38. The lowest BCUT2D eigenvalue weighted by Crippen LogP contribution is -2.44. The topological polar surface area (TPSA) is 15.3 Å². The van der Waals surface area contributed by atoms with Gasteiger partial charge in [-0.25, -0.2) is 0 Å². The fourth-order valence-electron chi connectivity index (χ4n) is 1.75. The van der Waals surface area contributed by atoms with Crippen LogP contribution >= 0.6 is 11.8 Å². The predicted molar refractivity (Wildman–Crippen MR) is 54.7 cm³/mol. The molecule has 0 bridgehead atoms. The normalized spacial score (nSPS) is 27.0. The lowest BCUT2D eigenvalue weighted by Gasteiger charge is -2.31. The van der Waals surface area contributed by atoms with Crippen molar-refractivity contribution in [3.8, 4) is 0 Å². The molecule has 0 amide bonds. The van der Waals surface area contributed by atoms with E-state index in [4.69, 9.17) is 0 Å². The predicted octanol–water partition coefficient (Wildman–Crippen LogP) is 0.645. The molecule has 0 unspecified atom stereocenters. The molecule has 70 valence electrons. The Morgan fingerprint density at radius 3 is 2.58 bits per heavy atom. The van der Waals surface area contributed by atoms with Crippen molar-refractivity contribution in [1.29, 1.82) is 0 Å². The van der Waals surface area contributed by atoms with Crippen molar-refractivity contribution in [2.45, 2.75) is 6.42 Å². The Hall–Kier alpha value is 0.270. The van der Waals surface area contributed by atoms with Crippen molar-refractivity contribution in [3.05, 3.63) is 0 Å². The van der Waals surface area contributed by atoms with Crippen LogP contribution in [0.15, 0.2) is 0 Å². The summed E-state index contributed by atoms with van der Waals surface area (Å²) in [5.74, 6) is 3.89. The van der Waals surface area contributed by atoms with E-state index in [1.807, 2.05) is 0 Å². The van der Waals surface area contributed by atoms with Crippen LogP contribution in [0, 0.1) is 5.92 Å². The van der Waals surface area contributed by atoms with Crippen molar-refractivity contribution in [2.24, 2.45) is 5.92 Å². The summed E-state index contributed by atoms with van der Waals surface area (Å²) < 4.78 is 0. The van der Waals surface area contributed by atoms with Gasteiger partial charge in [0, 0.05) is 26.2 Å². The van der Waals surface area contributed by atoms with Gasteiger partial charge in [0.2, 0.25) is 0 Å². The van der Waals surface area contributed by atoms with Gasteiger partial charge >= 0.3 is 0 Å². The number of nitrogens with zero attached hydrogens (tertiary/aromatic N) is 1. The molecule has 3 heteroatoms. The highest BCUT2D eigenvalue weighted by molar-refractivity contribution is 8.00. The Kier molecular flexibility index (Phi) is 3.31. The highest BCUT2D eigenvalue weighted by atomic mass is 32.2. The third-order valence-corrected chi connectivity index (χ3v) is 4.18. The maximum absolute atomic E-state index is 3.38. The van der Waals surface area contributed by atoms with Crippen molar-refractivity contribution in [1.82, 2.24) is 10.2 Å². The molecule has 0 aliphatic carbocycles. The van der Waals surface area contributed by atoms with E-state index in [9.17, 15) is 0 Å². The molecule has 0 aromatic heterocycles. The van der Waals surface area contributed by atoms with Gasteiger partial charge in [-0.2, -0.15) is 11.8 Å². The molecule has 0 atom stereocenters. The molecule has 2 nitrogen and oxygen atoms in total. The number of hydrogen-bond acceptors (Lipinski definition) is 3. The van der Waals surface area contributed by atoms with E-state index in [0.717, 1.165) is 5.92 Å². The van der Waals surface area contributed by atoms with Crippen molar-refractivity contribution < 1.29 is 0 Å². The summed E-state index contributed by atoms with van der Waals surface area (Å²) in [6.07, 6.45) is 1.44. The van der Waals surface area contributed by atoms with Crippen LogP contribution in [0.5, 0.6) is 0 Å². The zero-order valence-electron chi connectivity index (χ0n) is 7.59. The fraction of sp³-hybridized carbons (Fsp3) is 1.00. The van der Waals surface area contributed by atoms with Crippen LogP contribution in [-0.4, -0.2) is 49.1 Å². The second kappa shape index (κ2) is 4.49. The van der Waals surface area contributed by atoms with Gasteiger partial charge in [-0.3, -0.25) is 0 Å². The Labute approximate surface area is 79.1 Å². The largest absolute Gasteiger partial charge is 0.314 e. The van der Waals surface area contributed by atoms with Gasteiger partial charge in [0.1, 0.15) is 0 Å². The van der Waals surface area contributed by atoms with Gasteiger partial charge in [-0.05, 0) is 30.4 Å². The summed E-state index contributed by atoms with van der Waals surface area (Å²) in [6, 6.07) is 0. The molecule has 2 rings (SSSR count). The van der Waals surface area contributed by atoms with Crippen LogP contribution in [0.2, 0.25) is 0 Å². The van der Waals surface area contributed by atoms with E-state index in [1.165, 1.54) is 50.7 Å². The summed E-state index contributed by atoms with van der Waals surface area (Å²) in [5, 5.41) is 3.38. The molecular formula is C9H18N2S. The van der Waals surface area contributed by atoms with Gasteiger partial charge < -0.3 is 10.2 Å². The van der Waals surface area contributed by atoms with Crippen LogP contribution < -0.4 is 5.32 Å². The number of rotatable bonds is 3. The van der Waals surface area contributed by atoms with Crippen molar-refractivity contribution in [2.75, 3.05) is 44.2 Å². The van der Waals surface area contributed by atoms with E-state index in [1.54, 1.807) is 0 Å². The van der Waals surface area contributed by atoms with Gasteiger partial charge in [-0.1, -0.05) is 0 Å². The molecule has 2 heterocycles. The second-order valence-electron chi connectivity index (χ2n) is 3.78. The molecule has 2 fully saturated rings. The summed E-state index contributed by atoms with van der Waals surface area (Å²) in [5.41, 5.74) is 0. The highest BCUT2D eigenvalue weighted by Crippen LogP contribution is 2.27. The van der Waals surface area contributed by atoms with E-state index in [2.05, 4.69) is 22.0 Å². The monoisotopic (exact) mass is 186 g/mol. The average molecular weight is 186 g/mol. The Balaban J connectivity index is 1.58. The summed E-state index contributed by atoms with van der Waals surface area (Å²) in [4.78, 5) is 2.60.